The molecular formula is C16H24N4O3. The van der Waals surface area contributed by atoms with E-state index in [-0.39, 0.29) is 18.2 Å². The molecule has 2 rings (SSSR count). The van der Waals surface area contributed by atoms with E-state index in [4.69, 9.17) is 10.5 Å². The Morgan fingerprint density at radius 3 is 2.96 bits per heavy atom. The molecule has 0 aliphatic carbocycles. The van der Waals surface area contributed by atoms with E-state index in [1.54, 1.807) is 37.4 Å². The van der Waals surface area contributed by atoms with E-state index in [1.165, 1.54) is 0 Å². The maximum Gasteiger partial charge on any atom is 0.257 e. The number of nitrogens with two attached hydrogens (primary N) is 1. The number of hydrogen-bond donors (Lipinski definition) is 2. The van der Waals surface area contributed by atoms with Crippen molar-refractivity contribution in [3.05, 3.63) is 23.9 Å². The molecule has 126 valence electrons. The Labute approximate surface area is 136 Å². The summed E-state index contributed by atoms with van der Waals surface area (Å²) in [5, 5.41) is 2.94. The molecule has 3 N–H and O–H groups in total. The maximum absolute atomic E-state index is 12.8. The zero-order chi connectivity index (χ0) is 16.9. The van der Waals surface area contributed by atoms with Gasteiger partial charge in [0.1, 0.15) is 5.82 Å². The van der Waals surface area contributed by atoms with Gasteiger partial charge in [-0.3, -0.25) is 9.59 Å². The molecule has 0 spiro atoms. The van der Waals surface area contributed by atoms with Crippen molar-refractivity contribution in [3.8, 4) is 0 Å². The van der Waals surface area contributed by atoms with Gasteiger partial charge in [0, 0.05) is 39.9 Å². The lowest BCUT2D eigenvalue weighted by atomic mass is 9.87. The average molecular weight is 320 g/mol. The van der Waals surface area contributed by atoms with Gasteiger partial charge in [-0.15, -0.1) is 0 Å². The zero-order valence-corrected chi connectivity index (χ0v) is 13.7. The molecule has 1 saturated heterocycles. The smallest absolute Gasteiger partial charge is 0.257 e. The minimum atomic E-state index is -0.509. The first kappa shape index (κ1) is 17.2. The normalized spacial score (nSPS) is 21.0. The zero-order valence-electron chi connectivity index (χ0n) is 13.7. The summed E-state index contributed by atoms with van der Waals surface area (Å²) in [4.78, 5) is 29.9. The highest BCUT2D eigenvalue weighted by atomic mass is 16.5. The molecule has 0 bridgehead atoms. The van der Waals surface area contributed by atoms with Gasteiger partial charge in [-0.25, -0.2) is 4.98 Å². The van der Waals surface area contributed by atoms with Gasteiger partial charge in [0.15, 0.2) is 0 Å². The fraction of sp³-hybridized carbons (Fsp3) is 0.562. The van der Waals surface area contributed by atoms with Gasteiger partial charge in [-0.05, 0) is 31.4 Å². The van der Waals surface area contributed by atoms with E-state index >= 15 is 0 Å². The summed E-state index contributed by atoms with van der Waals surface area (Å²) in [6, 6.07) is 3.50. The Bertz CT molecular complexity index is 578. The first-order valence-electron chi connectivity index (χ1n) is 7.77. The average Bonchev–Trinajstić information content (AvgIpc) is 2.59. The lowest BCUT2D eigenvalue weighted by Crippen LogP contribution is -2.51. The molecule has 1 atom stereocenters. The highest BCUT2D eigenvalue weighted by molar-refractivity contribution is 5.98. The molecule has 0 radical (unpaired) electrons. The summed E-state index contributed by atoms with van der Waals surface area (Å²) < 4.78 is 5.67. The summed E-state index contributed by atoms with van der Waals surface area (Å²) in [6.07, 6.45) is 4.06. The second-order valence-electron chi connectivity index (χ2n) is 5.83. The number of methoxy groups -OCH3 is 1. The van der Waals surface area contributed by atoms with Crippen molar-refractivity contribution in [2.24, 2.45) is 5.73 Å². The molecule has 2 amide bonds. The molecule has 1 aromatic heterocycles. The summed E-state index contributed by atoms with van der Waals surface area (Å²) in [5.74, 6) is 0.125. The molecule has 1 aliphatic rings. The maximum atomic E-state index is 12.8. The van der Waals surface area contributed by atoms with Gasteiger partial charge in [0.05, 0.1) is 11.2 Å². The largest absolute Gasteiger partial charge is 0.376 e. The highest BCUT2D eigenvalue weighted by Gasteiger charge is 2.38. The van der Waals surface area contributed by atoms with Gasteiger partial charge < -0.3 is 20.7 Å². The first-order chi connectivity index (χ1) is 11.0. The summed E-state index contributed by atoms with van der Waals surface area (Å²) in [7, 11) is 3.36. The second-order valence-corrected chi connectivity index (χ2v) is 5.83. The van der Waals surface area contributed by atoms with E-state index in [9.17, 15) is 9.59 Å². The molecule has 0 saturated carbocycles. The number of carbonyl (C=O) groups excluding carboxylic acids is 2. The van der Waals surface area contributed by atoms with Crippen molar-refractivity contribution >= 4 is 17.6 Å². The highest BCUT2D eigenvalue weighted by Crippen LogP contribution is 2.30. The number of pyridine rings is 1. The number of aromatic nitrogens is 1. The van der Waals surface area contributed by atoms with Crippen LogP contribution in [0.2, 0.25) is 0 Å². The summed E-state index contributed by atoms with van der Waals surface area (Å²) in [5.41, 5.74) is 5.28. The number of anilines is 1. The Hall–Kier alpha value is -2.15. The topological polar surface area (TPSA) is 97.5 Å². The quantitative estimate of drug-likeness (QED) is 0.815. The number of carbonyl (C=O) groups is 2. The molecule has 1 fully saturated rings. The van der Waals surface area contributed by atoms with Gasteiger partial charge in [-0.1, -0.05) is 0 Å². The van der Waals surface area contributed by atoms with Gasteiger partial charge in [0.25, 0.3) is 5.91 Å². The third-order valence-corrected chi connectivity index (χ3v) is 4.36. The van der Waals surface area contributed by atoms with Crippen LogP contribution in [-0.2, 0) is 9.53 Å². The molecule has 1 aliphatic heterocycles. The van der Waals surface area contributed by atoms with E-state index in [0.717, 1.165) is 12.8 Å². The lowest BCUT2D eigenvalue weighted by molar-refractivity contribution is -0.120. The molecular weight excluding hydrogens is 296 g/mol. The molecule has 7 heteroatoms. The third kappa shape index (κ3) is 3.98. The number of amides is 2. The van der Waals surface area contributed by atoms with E-state index in [2.05, 4.69) is 10.3 Å². The van der Waals surface area contributed by atoms with Crippen LogP contribution in [0.4, 0.5) is 5.82 Å². The van der Waals surface area contributed by atoms with Crippen LogP contribution in [-0.4, -0.2) is 54.5 Å². The van der Waals surface area contributed by atoms with Crippen LogP contribution >= 0.6 is 0 Å². The number of ether oxygens (including phenoxy) is 1. The fourth-order valence-electron chi connectivity index (χ4n) is 3.04. The molecule has 23 heavy (non-hydrogen) atoms. The minimum Gasteiger partial charge on any atom is -0.376 e. The van der Waals surface area contributed by atoms with Crippen molar-refractivity contribution < 1.29 is 14.3 Å². The summed E-state index contributed by atoms with van der Waals surface area (Å²) >= 11 is 0. The Balaban J connectivity index is 2.16. The monoisotopic (exact) mass is 320 g/mol. The van der Waals surface area contributed by atoms with Crippen LogP contribution < -0.4 is 11.1 Å². The van der Waals surface area contributed by atoms with Crippen LogP contribution in [0.3, 0.4) is 0 Å². The van der Waals surface area contributed by atoms with Crippen molar-refractivity contribution in [3.63, 3.8) is 0 Å². The predicted molar refractivity (Wildman–Crippen MR) is 87.1 cm³/mol. The van der Waals surface area contributed by atoms with Gasteiger partial charge in [0.2, 0.25) is 5.91 Å². The number of nitrogens with one attached hydrogen (secondary N) is 1. The SMILES string of the molecule is CNc1ncccc1C(=O)N1CCC[C@@](CCC(N)=O)(OC)C1. The van der Waals surface area contributed by atoms with Gasteiger partial charge in [-0.2, -0.15) is 0 Å². The van der Waals surface area contributed by atoms with Crippen molar-refractivity contribution in [1.82, 2.24) is 9.88 Å². The van der Waals surface area contributed by atoms with Crippen LogP contribution in [0.15, 0.2) is 18.3 Å². The van der Waals surface area contributed by atoms with E-state index in [0.29, 0.717) is 30.9 Å². The Kier molecular flexibility index (Phi) is 5.54. The van der Waals surface area contributed by atoms with Crippen molar-refractivity contribution in [2.45, 2.75) is 31.3 Å². The van der Waals surface area contributed by atoms with Crippen molar-refractivity contribution in [2.75, 3.05) is 32.6 Å². The molecule has 1 aromatic rings. The predicted octanol–water partition coefficient (Wildman–Crippen LogP) is 1.01. The lowest BCUT2D eigenvalue weighted by Gasteiger charge is -2.42. The number of nitrogens with zero attached hydrogens (tertiary/aromatic N) is 2. The molecule has 7 nitrogen and oxygen atoms in total. The van der Waals surface area contributed by atoms with E-state index < -0.39 is 5.60 Å². The number of primary amides is 1. The molecule has 0 unspecified atom stereocenters. The first-order valence-corrected chi connectivity index (χ1v) is 7.77. The number of piperidine rings is 1. The molecule has 0 aromatic carbocycles. The summed E-state index contributed by atoms with van der Waals surface area (Å²) in [6.45, 7) is 1.12. The third-order valence-electron chi connectivity index (χ3n) is 4.36. The molecule has 2 heterocycles. The van der Waals surface area contributed by atoms with Crippen molar-refractivity contribution in [1.29, 1.82) is 0 Å². The minimum absolute atomic E-state index is 0.0809. The Morgan fingerprint density at radius 2 is 2.30 bits per heavy atom. The standard InChI is InChI=1S/C16H24N4O3/c1-18-14-12(5-3-9-19-14)15(22)20-10-4-7-16(11-20,23-2)8-6-13(17)21/h3,5,9H,4,6-8,10-11H2,1-2H3,(H2,17,21)(H,18,19)/t16-/m0/s1. The number of hydrogen-bond acceptors (Lipinski definition) is 5. The Morgan fingerprint density at radius 1 is 1.52 bits per heavy atom. The van der Waals surface area contributed by atoms with Gasteiger partial charge >= 0.3 is 0 Å². The van der Waals surface area contributed by atoms with E-state index in [1.807, 2.05) is 0 Å². The second kappa shape index (κ2) is 7.41. The van der Waals surface area contributed by atoms with Crippen LogP contribution in [0, 0.1) is 0 Å². The number of rotatable bonds is 6. The fourth-order valence-corrected chi connectivity index (χ4v) is 3.04. The van der Waals surface area contributed by atoms with Crippen LogP contribution in [0.1, 0.15) is 36.0 Å². The van der Waals surface area contributed by atoms with Crippen LogP contribution in [0.25, 0.3) is 0 Å². The van der Waals surface area contributed by atoms with Crippen LogP contribution in [0.5, 0.6) is 0 Å². The number of likely N-dealkylation sites (tertiary alicyclic amines) is 1.